The van der Waals surface area contributed by atoms with Crippen LogP contribution in [0.2, 0.25) is 0 Å². The maximum atomic E-state index is 12.9. The van der Waals surface area contributed by atoms with Crippen molar-refractivity contribution in [3.05, 3.63) is 0 Å². The van der Waals surface area contributed by atoms with Crippen molar-refractivity contribution in [1.29, 1.82) is 0 Å². The predicted octanol–water partition coefficient (Wildman–Crippen LogP) is 3.56. The lowest BCUT2D eigenvalue weighted by Crippen LogP contribution is -2.62. The van der Waals surface area contributed by atoms with Crippen molar-refractivity contribution in [2.45, 2.75) is 76.4 Å². The van der Waals surface area contributed by atoms with Gasteiger partial charge in [-0.25, -0.2) is 4.79 Å². The monoisotopic (exact) mass is 320 g/mol. The highest BCUT2D eigenvalue weighted by Crippen LogP contribution is 2.55. The van der Waals surface area contributed by atoms with Crippen molar-refractivity contribution in [2.24, 2.45) is 17.8 Å². The summed E-state index contributed by atoms with van der Waals surface area (Å²) in [6, 6.07) is 0.156. The van der Waals surface area contributed by atoms with Crippen LogP contribution in [0.1, 0.15) is 64.7 Å². The van der Waals surface area contributed by atoms with Gasteiger partial charge in [0.1, 0.15) is 0 Å². The van der Waals surface area contributed by atoms with Gasteiger partial charge in [-0.05, 0) is 82.5 Å². The van der Waals surface area contributed by atoms with Gasteiger partial charge < -0.3 is 15.0 Å². The molecular formula is C19H32N2O2. The summed E-state index contributed by atoms with van der Waals surface area (Å²) >= 11 is 0. The van der Waals surface area contributed by atoms with Gasteiger partial charge in [0.2, 0.25) is 0 Å². The Hall–Kier alpha value is -0.770. The second-order valence-corrected chi connectivity index (χ2v) is 8.66. The SMILES string of the molecule is CCN(CC1CCCCO1)C(=O)NC12CC3CC(CC(C3)C1)C2. The Balaban J connectivity index is 1.38. The van der Waals surface area contributed by atoms with E-state index in [0.717, 1.165) is 43.9 Å². The Morgan fingerprint density at radius 2 is 1.78 bits per heavy atom. The third-order valence-corrected chi connectivity index (χ3v) is 6.78. The molecule has 1 unspecified atom stereocenters. The van der Waals surface area contributed by atoms with Crippen LogP contribution in [0.15, 0.2) is 0 Å². The number of amides is 2. The zero-order chi connectivity index (χ0) is 15.9. The molecule has 23 heavy (non-hydrogen) atoms. The molecule has 1 saturated heterocycles. The molecule has 130 valence electrons. The second-order valence-electron chi connectivity index (χ2n) is 8.66. The summed E-state index contributed by atoms with van der Waals surface area (Å²) in [7, 11) is 0. The number of nitrogens with one attached hydrogen (secondary N) is 1. The normalized spacial score (nSPS) is 41.8. The Morgan fingerprint density at radius 3 is 2.30 bits per heavy atom. The van der Waals surface area contributed by atoms with Crippen LogP contribution in [0.3, 0.4) is 0 Å². The van der Waals surface area contributed by atoms with E-state index < -0.39 is 0 Å². The Bertz CT molecular complexity index is 409. The Kier molecular flexibility index (Phi) is 4.29. The number of hydrogen-bond acceptors (Lipinski definition) is 2. The predicted molar refractivity (Wildman–Crippen MR) is 90.3 cm³/mol. The zero-order valence-electron chi connectivity index (χ0n) is 14.6. The van der Waals surface area contributed by atoms with Crippen LogP contribution in [0.25, 0.3) is 0 Å². The van der Waals surface area contributed by atoms with Gasteiger partial charge in [0.15, 0.2) is 0 Å². The van der Waals surface area contributed by atoms with Crippen molar-refractivity contribution in [3.8, 4) is 0 Å². The fourth-order valence-corrected chi connectivity index (χ4v) is 6.12. The van der Waals surface area contributed by atoms with E-state index in [1.807, 2.05) is 4.90 Å². The number of carbonyl (C=O) groups is 1. The highest BCUT2D eigenvalue weighted by atomic mass is 16.5. The molecule has 0 radical (unpaired) electrons. The van der Waals surface area contributed by atoms with E-state index in [4.69, 9.17) is 4.74 Å². The molecule has 1 heterocycles. The molecule has 4 heteroatoms. The van der Waals surface area contributed by atoms with Crippen molar-refractivity contribution >= 4 is 6.03 Å². The minimum absolute atomic E-state index is 0.118. The highest BCUT2D eigenvalue weighted by molar-refractivity contribution is 5.75. The molecule has 4 nitrogen and oxygen atoms in total. The number of ether oxygens (including phenoxy) is 1. The van der Waals surface area contributed by atoms with Gasteiger partial charge in [-0.15, -0.1) is 0 Å². The van der Waals surface area contributed by atoms with E-state index >= 15 is 0 Å². The molecule has 4 aliphatic carbocycles. The topological polar surface area (TPSA) is 41.6 Å². The molecule has 0 aromatic heterocycles. The fourth-order valence-electron chi connectivity index (χ4n) is 6.12. The summed E-state index contributed by atoms with van der Waals surface area (Å²) < 4.78 is 5.83. The van der Waals surface area contributed by atoms with Crippen LogP contribution in [0, 0.1) is 17.8 Å². The number of hydrogen-bond donors (Lipinski definition) is 1. The van der Waals surface area contributed by atoms with Gasteiger partial charge in [0.25, 0.3) is 0 Å². The van der Waals surface area contributed by atoms with Crippen LogP contribution in [0.4, 0.5) is 4.79 Å². The molecule has 5 aliphatic rings. The molecule has 0 aromatic carbocycles. The second kappa shape index (κ2) is 6.27. The molecule has 4 saturated carbocycles. The minimum atomic E-state index is 0.118. The van der Waals surface area contributed by atoms with Gasteiger partial charge in [0, 0.05) is 25.2 Å². The molecule has 1 atom stereocenters. The first kappa shape index (κ1) is 15.7. The van der Waals surface area contributed by atoms with E-state index in [0.29, 0.717) is 0 Å². The van der Waals surface area contributed by atoms with Crippen LogP contribution in [-0.2, 0) is 4.74 Å². The molecule has 1 aliphatic heterocycles. The number of rotatable bonds is 4. The van der Waals surface area contributed by atoms with E-state index in [1.165, 1.54) is 51.4 Å². The van der Waals surface area contributed by atoms with Crippen LogP contribution in [0.5, 0.6) is 0 Å². The van der Waals surface area contributed by atoms with Gasteiger partial charge in [-0.2, -0.15) is 0 Å². The summed E-state index contributed by atoms with van der Waals surface area (Å²) in [4.78, 5) is 14.9. The number of nitrogens with zero attached hydrogens (tertiary/aromatic N) is 1. The standard InChI is InChI=1S/C19H32N2O2/c1-2-21(13-17-5-3-4-6-23-17)18(22)20-19-10-14-7-15(11-19)9-16(8-14)12-19/h14-17H,2-13H2,1H3,(H,20,22). The largest absolute Gasteiger partial charge is 0.376 e. The van der Waals surface area contributed by atoms with Crippen molar-refractivity contribution in [1.82, 2.24) is 10.2 Å². The summed E-state index contributed by atoms with van der Waals surface area (Å²) in [5.41, 5.74) is 0.118. The number of likely N-dealkylation sites (N-methyl/N-ethyl adjacent to an activating group) is 1. The van der Waals surface area contributed by atoms with Crippen LogP contribution < -0.4 is 5.32 Å². The molecule has 5 rings (SSSR count). The van der Waals surface area contributed by atoms with E-state index in [2.05, 4.69) is 12.2 Å². The van der Waals surface area contributed by atoms with Crippen LogP contribution >= 0.6 is 0 Å². The summed E-state index contributed by atoms with van der Waals surface area (Å²) in [6.07, 6.45) is 11.7. The summed E-state index contributed by atoms with van der Waals surface area (Å²) in [6.45, 7) is 4.48. The fraction of sp³-hybridized carbons (Fsp3) is 0.947. The first-order valence-electron chi connectivity index (χ1n) is 9.84. The summed E-state index contributed by atoms with van der Waals surface area (Å²) in [5.74, 6) is 2.62. The quantitative estimate of drug-likeness (QED) is 0.860. The highest BCUT2D eigenvalue weighted by Gasteiger charge is 2.51. The van der Waals surface area contributed by atoms with Gasteiger partial charge in [-0.1, -0.05) is 0 Å². The molecule has 5 fully saturated rings. The molecular weight excluding hydrogens is 288 g/mol. The van der Waals surface area contributed by atoms with Gasteiger partial charge in [0.05, 0.1) is 6.10 Å². The number of carbonyl (C=O) groups excluding carboxylic acids is 1. The average molecular weight is 320 g/mol. The molecule has 0 spiro atoms. The molecule has 0 aromatic rings. The van der Waals surface area contributed by atoms with Crippen LogP contribution in [-0.4, -0.2) is 42.3 Å². The smallest absolute Gasteiger partial charge is 0.317 e. The maximum Gasteiger partial charge on any atom is 0.317 e. The first-order chi connectivity index (χ1) is 11.2. The Morgan fingerprint density at radius 1 is 1.13 bits per heavy atom. The minimum Gasteiger partial charge on any atom is -0.376 e. The van der Waals surface area contributed by atoms with E-state index in [9.17, 15) is 4.79 Å². The molecule has 4 bridgehead atoms. The lowest BCUT2D eigenvalue weighted by molar-refractivity contribution is -0.0203. The third-order valence-electron chi connectivity index (χ3n) is 6.78. The zero-order valence-corrected chi connectivity index (χ0v) is 14.6. The average Bonchev–Trinajstić information content (AvgIpc) is 2.51. The molecule has 1 N–H and O–H groups in total. The molecule has 2 amide bonds. The first-order valence-corrected chi connectivity index (χ1v) is 9.84. The maximum absolute atomic E-state index is 12.9. The number of urea groups is 1. The Labute approximate surface area is 140 Å². The van der Waals surface area contributed by atoms with Gasteiger partial charge >= 0.3 is 6.03 Å². The van der Waals surface area contributed by atoms with Crippen molar-refractivity contribution in [3.63, 3.8) is 0 Å². The lowest BCUT2D eigenvalue weighted by atomic mass is 9.53. The van der Waals surface area contributed by atoms with Gasteiger partial charge in [-0.3, -0.25) is 0 Å². The van der Waals surface area contributed by atoms with E-state index in [-0.39, 0.29) is 17.7 Å². The summed E-state index contributed by atoms with van der Waals surface area (Å²) in [5, 5.41) is 3.50. The van der Waals surface area contributed by atoms with Crippen molar-refractivity contribution in [2.75, 3.05) is 19.7 Å². The lowest BCUT2D eigenvalue weighted by Gasteiger charge is -2.57. The van der Waals surface area contributed by atoms with E-state index in [1.54, 1.807) is 0 Å². The van der Waals surface area contributed by atoms with Crippen molar-refractivity contribution < 1.29 is 9.53 Å². The third kappa shape index (κ3) is 3.24.